The third kappa shape index (κ3) is 4.87. The molecule has 0 unspecified atom stereocenters. The van der Waals surface area contributed by atoms with Gasteiger partial charge in [-0.3, -0.25) is 9.59 Å². The highest BCUT2D eigenvalue weighted by Crippen LogP contribution is 2.34. The molecule has 0 bridgehead atoms. The van der Waals surface area contributed by atoms with Gasteiger partial charge in [0.15, 0.2) is 5.75 Å². The Morgan fingerprint density at radius 1 is 0.960 bits per heavy atom. The van der Waals surface area contributed by atoms with Crippen LogP contribution in [0.2, 0.25) is 10.0 Å². The van der Waals surface area contributed by atoms with Crippen molar-refractivity contribution in [3.05, 3.63) is 52.0 Å². The van der Waals surface area contributed by atoms with E-state index in [1.54, 1.807) is 24.3 Å². The number of ether oxygens (including phenoxy) is 1. The van der Waals surface area contributed by atoms with Gasteiger partial charge in [0.1, 0.15) is 0 Å². The molecule has 0 atom stereocenters. The van der Waals surface area contributed by atoms with E-state index in [1.165, 1.54) is 19.2 Å². The van der Waals surface area contributed by atoms with Crippen molar-refractivity contribution in [3.8, 4) is 5.75 Å². The summed E-state index contributed by atoms with van der Waals surface area (Å²) in [5.74, 6) is -0.209. The second-order valence-electron chi connectivity index (χ2n) is 5.65. The lowest BCUT2D eigenvalue weighted by atomic mass is 10.2. The molecule has 0 spiro atoms. The van der Waals surface area contributed by atoms with Gasteiger partial charge < -0.3 is 15.4 Å². The number of halogens is 2. The fourth-order valence-corrected chi connectivity index (χ4v) is 2.65. The van der Waals surface area contributed by atoms with Crippen LogP contribution in [0.25, 0.3) is 0 Å². The minimum atomic E-state index is -0.356. The average Bonchev–Trinajstić information content (AvgIpc) is 2.56. The number of benzene rings is 2. The second-order valence-corrected chi connectivity index (χ2v) is 6.46. The molecule has 2 aromatic carbocycles. The van der Waals surface area contributed by atoms with Crippen molar-refractivity contribution in [3.63, 3.8) is 0 Å². The standard InChI is InChI=1S/C18H18Cl2N2O3/c1-10(2)17(23)21-12-4-6-13(7-5-12)22-18(24)11-8-14(19)16(25-3)15(20)9-11/h4-10H,1-3H3,(H,21,23)(H,22,24). The van der Waals surface area contributed by atoms with E-state index in [4.69, 9.17) is 27.9 Å². The van der Waals surface area contributed by atoms with E-state index in [2.05, 4.69) is 10.6 Å². The Balaban J connectivity index is 2.09. The van der Waals surface area contributed by atoms with Crippen LogP contribution in [0.5, 0.6) is 5.75 Å². The van der Waals surface area contributed by atoms with Crippen LogP contribution < -0.4 is 15.4 Å². The van der Waals surface area contributed by atoms with E-state index in [-0.39, 0.29) is 27.8 Å². The Kier molecular flexibility index (Phi) is 6.28. The van der Waals surface area contributed by atoms with E-state index >= 15 is 0 Å². The Hall–Kier alpha value is -2.24. The number of hydrogen-bond donors (Lipinski definition) is 2. The smallest absolute Gasteiger partial charge is 0.255 e. The van der Waals surface area contributed by atoms with Gasteiger partial charge >= 0.3 is 0 Å². The number of carbonyl (C=O) groups is 2. The SMILES string of the molecule is COc1c(Cl)cc(C(=O)Nc2ccc(NC(=O)C(C)C)cc2)cc1Cl. The fourth-order valence-electron chi connectivity index (χ4n) is 2.01. The molecule has 5 nitrogen and oxygen atoms in total. The molecule has 0 aliphatic heterocycles. The molecular weight excluding hydrogens is 363 g/mol. The number of carbonyl (C=O) groups excluding carboxylic acids is 2. The van der Waals surface area contributed by atoms with E-state index < -0.39 is 0 Å². The van der Waals surface area contributed by atoms with Gasteiger partial charge in [-0.15, -0.1) is 0 Å². The van der Waals surface area contributed by atoms with Gasteiger partial charge in [-0.25, -0.2) is 0 Å². The molecule has 0 heterocycles. The summed E-state index contributed by atoms with van der Waals surface area (Å²) in [7, 11) is 1.45. The van der Waals surface area contributed by atoms with Crippen LogP contribution in [0.15, 0.2) is 36.4 Å². The zero-order valence-corrected chi connectivity index (χ0v) is 15.5. The molecule has 0 aliphatic carbocycles. The molecular formula is C18H18Cl2N2O3. The Morgan fingerprint density at radius 3 is 1.88 bits per heavy atom. The van der Waals surface area contributed by atoms with Crippen molar-refractivity contribution in [2.24, 2.45) is 5.92 Å². The molecule has 0 saturated heterocycles. The summed E-state index contributed by atoms with van der Waals surface area (Å²) >= 11 is 12.1. The molecule has 2 amide bonds. The van der Waals surface area contributed by atoms with Gasteiger partial charge in [-0.05, 0) is 36.4 Å². The average molecular weight is 381 g/mol. The topological polar surface area (TPSA) is 67.4 Å². The van der Waals surface area contributed by atoms with E-state index in [1.807, 2.05) is 13.8 Å². The quantitative estimate of drug-likeness (QED) is 0.778. The molecule has 2 rings (SSSR count). The molecule has 2 aromatic rings. The van der Waals surface area contributed by atoms with Gasteiger partial charge in [-0.2, -0.15) is 0 Å². The number of methoxy groups -OCH3 is 1. The summed E-state index contributed by atoms with van der Waals surface area (Å²) in [6, 6.07) is 9.78. The lowest BCUT2D eigenvalue weighted by Crippen LogP contribution is -2.17. The molecule has 0 aromatic heterocycles. The third-order valence-corrected chi connectivity index (χ3v) is 3.96. The van der Waals surface area contributed by atoms with Crippen LogP contribution in [0.4, 0.5) is 11.4 Å². The number of rotatable bonds is 5. The van der Waals surface area contributed by atoms with Gasteiger partial charge in [0.05, 0.1) is 17.2 Å². The summed E-state index contributed by atoms with van der Waals surface area (Å²) < 4.78 is 5.06. The van der Waals surface area contributed by atoms with Crippen LogP contribution in [-0.4, -0.2) is 18.9 Å². The predicted molar refractivity (Wildman–Crippen MR) is 101 cm³/mol. The van der Waals surface area contributed by atoms with E-state index in [0.29, 0.717) is 22.7 Å². The summed E-state index contributed by atoms with van der Waals surface area (Å²) in [4.78, 5) is 24.0. The molecule has 0 aliphatic rings. The van der Waals surface area contributed by atoms with Gasteiger partial charge in [0, 0.05) is 22.9 Å². The van der Waals surface area contributed by atoms with Crippen molar-refractivity contribution in [1.82, 2.24) is 0 Å². The first-order valence-electron chi connectivity index (χ1n) is 7.57. The zero-order chi connectivity index (χ0) is 18.6. The molecule has 0 fully saturated rings. The van der Waals surface area contributed by atoms with E-state index in [0.717, 1.165) is 0 Å². The lowest BCUT2D eigenvalue weighted by Gasteiger charge is -2.11. The van der Waals surface area contributed by atoms with Crippen molar-refractivity contribution < 1.29 is 14.3 Å². The van der Waals surface area contributed by atoms with Crippen LogP contribution in [0.1, 0.15) is 24.2 Å². The Bertz CT molecular complexity index is 766. The summed E-state index contributed by atoms with van der Waals surface area (Å²) in [6.07, 6.45) is 0. The molecule has 7 heteroatoms. The monoisotopic (exact) mass is 380 g/mol. The summed E-state index contributed by atoms with van der Waals surface area (Å²) in [6.45, 7) is 3.63. The van der Waals surface area contributed by atoms with Crippen LogP contribution in [-0.2, 0) is 4.79 Å². The number of anilines is 2. The first kappa shape index (κ1) is 19.1. The zero-order valence-electron chi connectivity index (χ0n) is 14.0. The molecule has 0 saturated carbocycles. The number of hydrogen-bond acceptors (Lipinski definition) is 3. The van der Waals surface area contributed by atoms with Crippen molar-refractivity contribution in [1.29, 1.82) is 0 Å². The second kappa shape index (κ2) is 8.23. The van der Waals surface area contributed by atoms with Crippen LogP contribution in [0, 0.1) is 5.92 Å². The number of nitrogens with one attached hydrogen (secondary N) is 2. The largest absolute Gasteiger partial charge is 0.494 e. The van der Waals surface area contributed by atoms with Gasteiger partial charge in [0.25, 0.3) is 5.91 Å². The van der Waals surface area contributed by atoms with Gasteiger partial charge in [0.2, 0.25) is 5.91 Å². The maximum atomic E-state index is 12.3. The first-order valence-corrected chi connectivity index (χ1v) is 8.32. The highest BCUT2D eigenvalue weighted by molar-refractivity contribution is 6.37. The van der Waals surface area contributed by atoms with Crippen molar-refractivity contribution in [2.75, 3.05) is 17.7 Å². The lowest BCUT2D eigenvalue weighted by molar-refractivity contribution is -0.118. The maximum absolute atomic E-state index is 12.3. The normalized spacial score (nSPS) is 10.5. The maximum Gasteiger partial charge on any atom is 0.255 e. The summed E-state index contributed by atoms with van der Waals surface area (Å²) in [5.41, 5.74) is 1.55. The first-order chi connectivity index (χ1) is 11.8. The Labute approximate surface area is 156 Å². The van der Waals surface area contributed by atoms with E-state index in [9.17, 15) is 9.59 Å². The van der Waals surface area contributed by atoms with Crippen molar-refractivity contribution >= 4 is 46.4 Å². The molecule has 2 N–H and O–H groups in total. The Morgan fingerprint density at radius 2 is 1.44 bits per heavy atom. The fraction of sp³-hybridized carbons (Fsp3) is 0.222. The predicted octanol–water partition coefficient (Wildman–Crippen LogP) is 4.85. The van der Waals surface area contributed by atoms with Crippen LogP contribution >= 0.6 is 23.2 Å². The highest BCUT2D eigenvalue weighted by Gasteiger charge is 2.14. The van der Waals surface area contributed by atoms with Crippen LogP contribution in [0.3, 0.4) is 0 Å². The highest BCUT2D eigenvalue weighted by atomic mass is 35.5. The number of amides is 2. The molecule has 132 valence electrons. The van der Waals surface area contributed by atoms with Gasteiger partial charge in [-0.1, -0.05) is 37.0 Å². The third-order valence-electron chi connectivity index (χ3n) is 3.40. The molecule has 0 radical (unpaired) electrons. The molecule has 25 heavy (non-hydrogen) atoms. The minimum Gasteiger partial charge on any atom is -0.494 e. The summed E-state index contributed by atoms with van der Waals surface area (Å²) in [5, 5.41) is 6.04. The minimum absolute atomic E-state index is 0.0701. The van der Waals surface area contributed by atoms with Crippen molar-refractivity contribution in [2.45, 2.75) is 13.8 Å².